The van der Waals surface area contributed by atoms with Crippen molar-refractivity contribution >= 4 is 23.6 Å². The average Bonchev–Trinajstić information content (AvgIpc) is 2.77. The molecule has 16 heavy (non-hydrogen) atoms. The lowest BCUT2D eigenvalue weighted by Gasteiger charge is -2.03. The Morgan fingerprint density at radius 2 is 1.88 bits per heavy atom. The minimum absolute atomic E-state index is 0.751. The Balaban J connectivity index is 2.05. The summed E-state index contributed by atoms with van der Waals surface area (Å²) >= 11 is 5.86. The van der Waals surface area contributed by atoms with Crippen LogP contribution in [0.5, 0.6) is 0 Å². The highest BCUT2D eigenvalue weighted by Crippen LogP contribution is 2.27. The van der Waals surface area contributed by atoms with Gasteiger partial charge in [-0.1, -0.05) is 23.7 Å². The Kier molecular flexibility index (Phi) is 2.22. The molecule has 2 nitrogen and oxygen atoms in total. The molecule has 0 unspecified atom stereocenters. The van der Waals surface area contributed by atoms with Crippen LogP contribution in [-0.2, 0) is 6.42 Å². The first kappa shape index (κ1) is 9.55. The Morgan fingerprint density at radius 1 is 1.06 bits per heavy atom. The minimum Gasteiger partial charge on any atom is -0.241 e. The topological polar surface area (TPSA) is 25.2 Å². The number of hydrogen-bond donors (Lipinski definition) is 0. The fraction of sp³-hybridized carbons (Fsp3) is 0.0769. The van der Waals surface area contributed by atoms with E-state index in [-0.39, 0.29) is 0 Å². The molecule has 0 amide bonds. The summed E-state index contributed by atoms with van der Waals surface area (Å²) in [6, 6.07) is 9.92. The summed E-state index contributed by atoms with van der Waals surface area (Å²) in [5.41, 5.74) is 3.43. The number of hydrogen-bond acceptors (Lipinski definition) is 2. The third-order valence-corrected chi connectivity index (χ3v) is 2.90. The fourth-order valence-electron chi connectivity index (χ4n) is 1.80. The molecule has 2 heterocycles. The number of pyridine rings is 1. The van der Waals surface area contributed by atoms with Crippen molar-refractivity contribution in [2.75, 3.05) is 0 Å². The summed E-state index contributed by atoms with van der Waals surface area (Å²) in [6.45, 7) is 0. The Bertz CT molecular complexity index is 559. The summed E-state index contributed by atoms with van der Waals surface area (Å²) in [5.74, 6) is 0.845. The smallest absolute Gasteiger partial charge is 0.155 e. The van der Waals surface area contributed by atoms with E-state index in [0.29, 0.717) is 0 Å². The molecule has 3 rings (SSSR count). The van der Waals surface area contributed by atoms with Crippen LogP contribution in [0.2, 0.25) is 5.02 Å². The predicted octanol–water partition coefficient (Wildman–Crippen LogP) is 3.66. The molecular formula is C13H9ClN2. The molecule has 1 aromatic heterocycles. The van der Waals surface area contributed by atoms with Gasteiger partial charge in [-0.2, -0.15) is 0 Å². The van der Waals surface area contributed by atoms with E-state index in [1.165, 1.54) is 5.56 Å². The summed E-state index contributed by atoms with van der Waals surface area (Å²) in [4.78, 5) is 8.52. The lowest BCUT2D eigenvalue weighted by Crippen LogP contribution is -1.85. The van der Waals surface area contributed by atoms with Gasteiger partial charge in [0.05, 0.1) is 0 Å². The molecule has 0 spiro atoms. The first-order valence-corrected chi connectivity index (χ1v) is 5.48. The zero-order chi connectivity index (χ0) is 11.0. The second-order valence-electron chi connectivity index (χ2n) is 3.73. The van der Waals surface area contributed by atoms with Crippen LogP contribution in [0.3, 0.4) is 0 Å². The molecule has 0 bridgehead atoms. The van der Waals surface area contributed by atoms with E-state index >= 15 is 0 Å². The van der Waals surface area contributed by atoms with E-state index in [0.717, 1.165) is 28.4 Å². The zero-order valence-corrected chi connectivity index (χ0v) is 9.28. The summed E-state index contributed by atoms with van der Waals surface area (Å²) < 4.78 is 0. The summed E-state index contributed by atoms with van der Waals surface area (Å²) in [5, 5.41) is 0.751. The van der Waals surface area contributed by atoms with Gasteiger partial charge in [0, 0.05) is 35.0 Å². The molecule has 2 aromatic rings. The summed E-state index contributed by atoms with van der Waals surface area (Å²) in [6.07, 6.45) is 4.62. The molecule has 0 aliphatic carbocycles. The number of aromatic nitrogens is 1. The first-order chi connectivity index (χ1) is 7.83. The molecule has 0 fully saturated rings. The van der Waals surface area contributed by atoms with Gasteiger partial charge < -0.3 is 0 Å². The summed E-state index contributed by atoms with van der Waals surface area (Å²) in [7, 11) is 0. The van der Waals surface area contributed by atoms with E-state index in [4.69, 9.17) is 11.6 Å². The Hall–Kier alpha value is -1.67. The molecule has 0 radical (unpaired) electrons. The molecule has 3 heteroatoms. The van der Waals surface area contributed by atoms with E-state index in [1.807, 2.05) is 36.7 Å². The number of nitrogens with zero attached hydrogens (tertiary/aromatic N) is 2. The van der Waals surface area contributed by atoms with Gasteiger partial charge in [-0.05, 0) is 23.8 Å². The number of halogens is 1. The third kappa shape index (κ3) is 1.61. The predicted molar refractivity (Wildman–Crippen MR) is 66.5 cm³/mol. The van der Waals surface area contributed by atoms with Gasteiger partial charge in [0.15, 0.2) is 5.82 Å². The van der Waals surface area contributed by atoms with E-state index in [9.17, 15) is 0 Å². The second-order valence-corrected chi connectivity index (χ2v) is 4.17. The van der Waals surface area contributed by atoms with Gasteiger partial charge in [0.1, 0.15) is 0 Å². The number of benzene rings is 1. The van der Waals surface area contributed by atoms with Gasteiger partial charge in [0.25, 0.3) is 0 Å². The molecule has 1 aliphatic rings. The van der Waals surface area contributed by atoms with Crippen molar-refractivity contribution in [2.45, 2.75) is 6.42 Å². The molecule has 78 valence electrons. The monoisotopic (exact) mass is 228 g/mol. The molecule has 0 saturated carbocycles. The largest absolute Gasteiger partial charge is 0.241 e. The molecule has 0 atom stereocenters. The van der Waals surface area contributed by atoms with Crippen LogP contribution < -0.4 is 0 Å². The van der Waals surface area contributed by atoms with Crippen molar-refractivity contribution in [3.63, 3.8) is 0 Å². The van der Waals surface area contributed by atoms with Gasteiger partial charge in [-0.3, -0.25) is 0 Å². The molecule has 1 aliphatic heterocycles. The Labute approximate surface area is 98.6 Å². The first-order valence-electron chi connectivity index (χ1n) is 5.10. The van der Waals surface area contributed by atoms with Crippen molar-refractivity contribution in [1.29, 1.82) is 0 Å². The van der Waals surface area contributed by atoms with Crippen molar-refractivity contribution in [2.24, 2.45) is 4.99 Å². The molecule has 1 aromatic carbocycles. The molecular weight excluding hydrogens is 220 g/mol. The number of rotatable bonds is 1. The SMILES string of the molecule is Clc1ccc(-c2cnc3c(c2)CC=N3)cc1. The van der Waals surface area contributed by atoms with Crippen LogP contribution >= 0.6 is 11.6 Å². The molecule has 0 N–H and O–H groups in total. The van der Waals surface area contributed by atoms with Gasteiger partial charge in [-0.15, -0.1) is 0 Å². The van der Waals surface area contributed by atoms with Crippen LogP contribution in [-0.4, -0.2) is 11.2 Å². The highest BCUT2D eigenvalue weighted by Gasteiger charge is 2.09. The molecule has 0 saturated heterocycles. The van der Waals surface area contributed by atoms with Crippen LogP contribution in [0.25, 0.3) is 11.1 Å². The fourth-order valence-corrected chi connectivity index (χ4v) is 1.93. The van der Waals surface area contributed by atoms with Crippen molar-refractivity contribution in [1.82, 2.24) is 4.98 Å². The minimum atomic E-state index is 0.751. The van der Waals surface area contributed by atoms with Crippen LogP contribution in [0.1, 0.15) is 5.56 Å². The Morgan fingerprint density at radius 3 is 2.69 bits per heavy atom. The van der Waals surface area contributed by atoms with Crippen LogP contribution in [0, 0.1) is 0 Å². The average molecular weight is 229 g/mol. The lowest BCUT2D eigenvalue weighted by atomic mass is 10.1. The van der Waals surface area contributed by atoms with Crippen molar-refractivity contribution in [3.05, 3.63) is 47.1 Å². The lowest BCUT2D eigenvalue weighted by molar-refractivity contribution is 1.25. The highest BCUT2D eigenvalue weighted by atomic mass is 35.5. The van der Waals surface area contributed by atoms with E-state index < -0.39 is 0 Å². The van der Waals surface area contributed by atoms with E-state index in [2.05, 4.69) is 16.0 Å². The van der Waals surface area contributed by atoms with Gasteiger partial charge >= 0.3 is 0 Å². The number of fused-ring (bicyclic) bond motifs is 1. The maximum atomic E-state index is 5.86. The van der Waals surface area contributed by atoms with Crippen LogP contribution in [0.4, 0.5) is 5.82 Å². The zero-order valence-electron chi connectivity index (χ0n) is 8.52. The van der Waals surface area contributed by atoms with E-state index in [1.54, 1.807) is 0 Å². The maximum absolute atomic E-state index is 5.86. The standard InChI is InChI=1S/C13H9ClN2/c14-12-3-1-9(2-4-12)11-7-10-5-6-15-13(10)16-8-11/h1-4,6-8H,5H2. The number of aliphatic imine (C=N–C) groups is 1. The van der Waals surface area contributed by atoms with Crippen molar-refractivity contribution in [3.8, 4) is 11.1 Å². The maximum Gasteiger partial charge on any atom is 0.155 e. The van der Waals surface area contributed by atoms with Crippen molar-refractivity contribution < 1.29 is 0 Å². The van der Waals surface area contributed by atoms with Gasteiger partial charge in [-0.25, -0.2) is 9.98 Å². The third-order valence-electron chi connectivity index (χ3n) is 2.65. The normalized spacial score (nSPS) is 12.8. The highest BCUT2D eigenvalue weighted by molar-refractivity contribution is 6.30. The quantitative estimate of drug-likeness (QED) is 0.731. The second kappa shape index (κ2) is 3.72. The van der Waals surface area contributed by atoms with Crippen LogP contribution in [0.15, 0.2) is 41.5 Å². The van der Waals surface area contributed by atoms with Gasteiger partial charge in [0.2, 0.25) is 0 Å².